The molecule has 3 heteroatoms. The Morgan fingerprint density at radius 1 is 0.382 bits per heavy atom. The summed E-state index contributed by atoms with van der Waals surface area (Å²) in [4.78, 5) is 2.37. The fourth-order valence-electron chi connectivity index (χ4n) is 8.25. The highest BCUT2D eigenvalue weighted by Crippen LogP contribution is 2.44. The lowest BCUT2D eigenvalue weighted by atomic mass is 9.99. The first-order valence-electron chi connectivity index (χ1n) is 18.7. The van der Waals surface area contributed by atoms with Crippen LogP contribution in [0.2, 0.25) is 0 Å². The molecule has 0 bridgehead atoms. The first kappa shape index (κ1) is 31.6. The van der Waals surface area contributed by atoms with Crippen molar-refractivity contribution in [2.24, 2.45) is 0 Å². The molecule has 9 aromatic carbocycles. The van der Waals surface area contributed by atoms with Crippen LogP contribution in [0.3, 0.4) is 0 Å². The number of para-hydroxylation sites is 3. The second kappa shape index (κ2) is 12.9. The first-order valence-corrected chi connectivity index (χ1v) is 19.5. The van der Waals surface area contributed by atoms with E-state index in [0.29, 0.717) is 0 Å². The van der Waals surface area contributed by atoms with Gasteiger partial charge in [0.15, 0.2) is 0 Å². The molecule has 55 heavy (non-hydrogen) atoms. The third-order valence-corrected chi connectivity index (χ3v) is 12.0. The van der Waals surface area contributed by atoms with Gasteiger partial charge < -0.3 is 9.32 Å². The zero-order valence-electron chi connectivity index (χ0n) is 29.8. The zero-order chi connectivity index (χ0) is 36.3. The number of benzene rings is 9. The average molecular weight is 720 g/mol. The lowest BCUT2D eigenvalue weighted by Crippen LogP contribution is -2.11. The Bertz CT molecular complexity index is 3190. The van der Waals surface area contributed by atoms with Crippen LogP contribution in [0.1, 0.15) is 0 Å². The predicted octanol–water partition coefficient (Wildman–Crippen LogP) is 15.6. The third-order valence-electron chi connectivity index (χ3n) is 10.9. The zero-order valence-corrected chi connectivity index (χ0v) is 30.6. The van der Waals surface area contributed by atoms with E-state index in [1.54, 1.807) is 0 Å². The lowest BCUT2D eigenvalue weighted by Gasteiger charge is -2.28. The standard InChI is InChI=1S/C52H33NOS/c1-2-11-35(12-3-1)41-14-6-8-19-47(41)53(40-29-23-37(24-30-40)43-17-10-18-45-44-16-7-9-20-48(44)54-52(43)45)39-27-21-34(22-28-39)38-26-31-49-46(33-38)51-42-15-5-4-13-36(42)25-32-50(51)55-49/h1-33H. The second-order valence-corrected chi connectivity index (χ2v) is 15.1. The van der Waals surface area contributed by atoms with Crippen molar-refractivity contribution in [1.82, 2.24) is 0 Å². The number of hydrogen-bond acceptors (Lipinski definition) is 3. The van der Waals surface area contributed by atoms with E-state index in [2.05, 4.69) is 193 Å². The average Bonchev–Trinajstić information content (AvgIpc) is 3.83. The maximum atomic E-state index is 6.42. The minimum Gasteiger partial charge on any atom is -0.455 e. The molecule has 0 amide bonds. The minimum atomic E-state index is 0.908. The summed E-state index contributed by atoms with van der Waals surface area (Å²) in [7, 11) is 0. The summed E-state index contributed by atoms with van der Waals surface area (Å²) in [6.07, 6.45) is 0. The summed E-state index contributed by atoms with van der Waals surface area (Å²) >= 11 is 1.87. The number of fused-ring (bicyclic) bond motifs is 8. The number of nitrogens with zero attached hydrogens (tertiary/aromatic N) is 1. The topological polar surface area (TPSA) is 16.4 Å². The van der Waals surface area contributed by atoms with E-state index in [-0.39, 0.29) is 0 Å². The number of anilines is 3. The summed E-state index contributed by atoms with van der Waals surface area (Å²) in [6.45, 7) is 0. The van der Waals surface area contributed by atoms with Crippen molar-refractivity contribution in [1.29, 1.82) is 0 Å². The van der Waals surface area contributed by atoms with Crippen molar-refractivity contribution >= 4 is 81.3 Å². The lowest BCUT2D eigenvalue weighted by molar-refractivity contribution is 0.670. The molecule has 0 saturated heterocycles. The monoisotopic (exact) mass is 719 g/mol. The Morgan fingerprint density at radius 3 is 1.84 bits per heavy atom. The Morgan fingerprint density at radius 2 is 1.00 bits per heavy atom. The molecule has 0 N–H and O–H groups in total. The molecule has 0 aliphatic heterocycles. The van der Waals surface area contributed by atoms with Crippen LogP contribution >= 0.6 is 11.3 Å². The van der Waals surface area contributed by atoms with Gasteiger partial charge in [0.2, 0.25) is 0 Å². The van der Waals surface area contributed by atoms with Crippen LogP contribution in [0.15, 0.2) is 205 Å². The molecule has 11 rings (SSSR count). The Balaban J connectivity index is 1.02. The summed E-state index contributed by atoms with van der Waals surface area (Å²) in [5.41, 5.74) is 12.1. The maximum absolute atomic E-state index is 6.42. The van der Waals surface area contributed by atoms with Crippen LogP contribution < -0.4 is 4.90 Å². The first-order chi connectivity index (χ1) is 27.3. The highest BCUT2D eigenvalue weighted by molar-refractivity contribution is 7.26. The Hall–Kier alpha value is -6.94. The van der Waals surface area contributed by atoms with E-state index < -0.39 is 0 Å². The molecule has 2 nitrogen and oxygen atoms in total. The van der Waals surface area contributed by atoms with Crippen molar-refractivity contribution in [3.8, 4) is 33.4 Å². The summed E-state index contributed by atoms with van der Waals surface area (Å²) in [5.74, 6) is 0. The molecule has 0 radical (unpaired) electrons. The van der Waals surface area contributed by atoms with Gasteiger partial charge in [0.1, 0.15) is 11.2 Å². The molecule has 2 heterocycles. The van der Waals surface area contributed by atoms with E-state index in [1.807, 2.05) is 23.5 Å². The predicted molar refractivity (Wildman–Crippen MR) is 235 cm³/mol. The van der Waals surface area contributed by atoms with Crippen molar-refractivity contribution < 1.29 is 4.42 Å². The summed E-state index contributed by atoms with van der Waals surface area (Å²) < 4.78 is 9.06. The minimum absolute atomic E-state index is 0.908. The SMILES string of the molecule is c1ccc(-c2ccccc2N(c2ccc(-c3ccc4sc5ccc6ccccc6c5c4c3)cc2)c2ccc(-c3cccc4c3oc3ccccc34)cc2)cc1. The van der Waals surface area contributed by atoms with Crippen LogP contribution in [-0.2, 0) is 0 Å². The number of thiophene rings is 1. The maximum Gasteiger partial charge on any atom is 0.143 e. The molecule has 0 aliphatic rings. The van der Waals surface area contributed by atoms with Gasteiger partial charge in [0.25, 0.3) is 0 Å². The van der Waals surface area contributed by atoms with Gasteiger partial charge in [-0.05, 0) is 87.6 Å². The van der Waals surface area contributed by atoms with Crippen molar-refractivity contribution in [2.45, 2.75) is 0 Å². The summed E-state index contributed by atoms with van der Waals surface area (Å²) in [6, 6.07) is 72.1. The molecular formula is C52H33NOS. The Labute approximate surface area is 322 Å². The largest absolute Gasteiger partial charge is 0.455 e. The van der Waals surface area contributed by atoms with Crippen molar-refractivity contribution in [2.75, 3.05) is 4.90 Å². The Kier molecular flexibility index (Phi) is 7.39. The molecule has 0 saturated carbocycles. The fourth-order valence-corrected chi connectivity index (χ4v) is 9.35. The normalized spacial score (nSPS) is 11.6. The number of furan rings is 1. The van der Waals surface area contributed by atoms with Gasteiger partial charge in [-0.15, -0.1) is 11.3 Å². The molecular weight excluding hydrogens is 687 g/mol. The molecule has 0 aliphatic carbocycles. The smallest absolute Gasteiger partial charge is 0.143 e. The van der Waals surface area contributed by atoms with E-state index >= 15 is 0 Å². The van der Waals surface area contributed by atoms with Gasteiger partial charge in [0, 0.05) is 53.4 Å². The van der Waals surface area contributed by atoms with Gasteiger partial charge in [-0.1, -0.05) is 146 Å². The van der Waals surface area contributed by atoms with E-state index in [0.717, 1.165) is 50.1 Å². The van der Waals surface area contributed by atoms with Crippen LogP contribution in [0.4, 0.5) is 17.1 Å². The van der Waals surface area contributed by atoms with Gasteiger partial charge in [-0.3, -0.25) is 0 Å². The third kappa shape index (κ3) is 5.32. The molecule has 2 aromatic heterocycles. The fraction of sp³-hybridized carbons (Fsp3) is 0. The van der Waals surface area contributed by atoms with Crippen molar-refractivity contribution in [3.63, 3.8) is 0 Å². The number of hydrogen-bond donors (Lipinski definition) is 0. The molecule has 0 spiro atoms. The van der Waals surface area contributed by atoms with Gasteiger partial charge in [-0.2, -0.15) is 0 Å². The molecule has 258 valence electrons. The van der Waals surface area contributed by atoms with E-state index in [9.17, 15) is 0 Å². The van der Waals surface area contributed by atoms with E-state index in [4.69, 9.17) is 4.42 Å². The van der Waals surface area contributed by atoms with Crippen LogP contribution in [0, 0.1) is 0 Å². The van der Waals surface area contributed by atoms with E-state index in [1.165, 1.54) is 53.2 Å². The van der Waals surface area contributed by atoms with Crippen molar-refractivity contribution in [3.05, 3.63) is 200 Å². The highest BCUT2D eigenvalue weighted by atomic mass is 32.1. The van der Waals surface area contributed by atoms with Gasteiger partial charge >= 0.3 is 0 Å². The van der Waals surface area contributed by atoms with Crippen LogP contribution in [-0.4, -0.2) is 0 Å². The molecule has 11 aromatic rings. The molecule has 0 unspecified atom stereocenters. The second-order valence-electron chi connectivity index (χ2n) is 14.1. The highest BCUT2D eigenvalue weighted by Gasteiger charge is 2.19. The van der Waals surface area contributed by atoms with Crippen LogP contribution in [0.5, 0.6) is 0 Å². The van der Waals surface area contributed by atoms with Crippen LogP contribution in [0.25, 0.3) is 86.3 Å². The van der Waals surface area contributed by atoms with Gasteiger partial charge in [0.05, 0.1) is 5.69 Å². The number of rotatable bonds is 6. The quantitative estimate of drug-likeness (QED) is 0.170. The van der Waals surface area contributed by atoms with Gasteiger partial charge in [-0.25, -0.2) is 0 Å². The molecule has 0 fully saturated rings. The summed E-state index contributed by atoms with van der Waals surface area (Å²) in [5, 5.41) is 7.53. The molecule has 0 atom stereocenters.